The van der Waals surface area contributed by atoms with Crippen LogP contribution in [0, 0.1) is 25.2 Å². The van der Waals surface area contributed by atoms with Gasteiger partial charge in [0.1, 0.15) is 0 Å². The molecular formula is C12H11ClN2O. The van der Waals surface area contributed by atoms with E-state index < -0.39 is 0 Å². The van der Waals surface area contributed by atoms with Crippen LogP contribution in [-0.2, 0) is 4.79 Å². The van der Waals surface area contributed by atoms with Gasteiger partial charge in [-0.1, -0.05) is 11.6 Å². The smallest absolute Gasteiger partial charge is 0.228 e. The Hall–Kier alpha value is -1.53. The van der Waals surface area contributed by atoms with E-state index in [1.807, 2.05) is 6.92 Å². The molecule has 0 radical (unpaired) electrons. The highest BCUT2D eigenvalue weighted by Gasteiger charge is 2.31. The maximum absolute atomic E-state index is 11.8. The van der Waals surface area contributed by atoms with E-state index in [2.05, 4.69) is 10.9 Å². The minimum Gasteiger partial charge on any atom is -0.309 e. The summed E-state index contributed by atoms with van der Waals surface area (Å²) in [4.78, 5) is 17.4. The van der Waals surface area contributed by atoms with Crippen molar-refractivity contribution in [1.29, 1.82) is 0 Å². The molecular weight excluding hydrogens is 224 g/mol. The molecule has 1 aromatic heterocycles. The number of terminal acetylenes is 1. The van der Waals surface area contributed by atoms with Gasteiger partial charge in [-0.3, -0.25) is 9.78 Å². The van der Waals surface area contributed by atoms with E-state index in [-0.39, 0.29) is 11.8 Å². The molecule has 1 fully saturated rings. The molecule has 1 aliphatic rings. The van der Waals surface area contributed by atoms with Crippen LogP contribution in [0.1, 0.15) is 12.0 Å². The van der Waals surface area contributed by atoms with E-state index in [9.17, 15) is 4.79 Å². The van der Waals surface area contributed by atoms with Gasteiger partial charge in [0.05, 0.1) is 10.7 Å². The Morgan fingerprint density at radius 2 is 2.38 bits per heavy atom. The zero-order valence-electron chi connectivity index (χ0n) is 8.90. The Labute approximate surface area is 99.4 Å². The molecule has 0 bridgehead atoms. The molecule has 0 aliphatic carbocycles. The Balaban J connectivity index is 2.39. The first kappa shape index (κ1) is 11.0. The second-order valence-electron chi connectivity index (χ2n) is 3.86. The fraction of sp³-hybridized carbons (Fsp3) is 0.333. The third kappa shape index (κ3) is 1.77. The van der Waals surface area contributed by atoms with Crippen LogP contribution in [0.3, 0.4) is 0 Å². The fourth-order valence-electron chi connectivity index (χ4n) is 1.90. The summed E-state index contributed by atoms with van der Waals surface area (Å²) in [6.45, 7) is 2.42. The number of aromatic nitrogens is 1. The van der Waals surface area contributed by atoms with Gasteiger partial charge < -0.3 is 4.90 Å². The highest BCUT2D eigenvalue weighted by Crippen LogP contribution is 2.32. The number of hydrogen-bond donors (Lipinski definition) is 0. The lowest BCUT2D eigenvalue weighted by molar-refractivity contribution is -0.117. The minimum absolute atomic E-state index is 0.0175. The summed E-state index contributed by atoms with van der Waals surface area (Å²) in [7, 11) is 0. The topological polar surface area (TPSA) is 33.2 Å². The number of rotatable bonds is 1. The van der Waals surface area contributed by atoms with Gasteiger partial charge in [0.2, 0.25) is 5.91 Å². The van der Waals surface area contributed by atoms with E-state index in [0.29, 0.717) is 18.0 Å². The molecule has 1 atom stereocenters. The Morgan fingerprint density at radius 3 is 2.94 bits per heavy atom. The first-order valence-corrected chi connectivity index (χ1v) is 5.38. The lowest BCUT2D eigenvalue weighted by atomic mass is 10.1. The number of carbonyl (C=O) groups excluding carboxylic acids is 1. The number of amides is 1. The number of halogens is 1. The highest BCUT2D eigenvalue weighted by atomic mass is 35.5. The van der Waals surface area contributed by atoms with Gasteiger partial charge >= 0.3 is 0 Å². The van der Waals surface area contributed by atoms with E-state index >= 15 is 0 Å². The molecule has 16 heavy (non-hydrogen) atoms. The summed E-state index contributed by atoms with van der Waals surface area (Å²) in [5.74, 6) is 2.62. The second-order valence-corrected chi connectivity index (χ2v) is 4.27. The summed E-state index contributed by atoms with van der Waals surface area (Å²) >= 11 is 6.06. The van der Waals surface area contributed by atoms with Crippen molar-refractivity contribution in [2.45, 2.75) is 13.3 Å². The molecule has 1 saturated heterocycles. The van der Waals surface area contributed by atoms with Crippen LogP contribution >= 0.6 is 11.6 Å². The molecule has 2 rings (SSSR count). The van der Waals surface area contributed by atoms with Crippen LogP contribution < -0.4 is 4.90 Å². The molecule has 0 N–H and O–H groups in total. The van der Waals surface area contributed by atoms with Gasteiger partial charge in [-0.15, -0.1) is 12.3 Å². The van der Waals surface area contributed by atoms with Crippen molar-refractivity contribution in [3.63, 3.8) is 0 Å². The van der Waals surface area contributed by atoms with Crippen LogP contribution in [0.15, 0.2) is 12.4 Å². The SMILES string of the molecule is C#CC1CC(=O)N(c2c(C)cncc2Cl)C1. The lowest BCUT2D eigenvalue weighted by Gasteiger charge is -2.19. The van der Waals surface area contributed by atoms with Crippen molar-refractivity contribution in [1.82, 2.24) is 4.98 Å². The molecule has 2 heterocycles. The molecule has 1 aromatic rings. The van der Waals surface area contributed by atoms with Crippen molar-refractivity contribution in [3.8, 4) is 12.3 Å². The van der Waals surface area contributed by atoms with Crippen molar-refractivity contribution < 1.29 is 4.79 Å². The molecule has 0 aromatic carbocycles. The van der Waals surface area contributed by atoms with Crippen molar-refractivity contribution in [2.75, 3.05) is 11.4 Å². The first-order valence-electron chi connectivity index (χ1n) is 5.00. The zero-order chi connectivity index (χ0) is 11.7. The summed E-state index contributed by atoms with van der Waals surface area (Å²) in [6, 6.07) is 0. The van der Waals surface area contributed by atoms with Gasteiger partial charge in [-0.05, 0) is 12.5 Å². The molecule has 1 amide bonds. The number of hydrogen-bond acceptors (Lipinski definition) is 2. The third-order valence-electron chi connectivity index (χ3n) is 2.69. The third-order valence-corrected chi connectivity index (χ3v) is 2.96. The molecule has 3 nitrogen and oxygen atoms in total. The predicted molar refractivity (Wildman–Crippen MR) is 63.3 cm³/mol. The van der Waals surface area contributed by atoms with Crippen LogP contribution in [0.5, 0.6) is 0 Å². The van der Waals surface area contributed by atoms with Crippen molar-refractivity contribution in [2.24, 2.45) is 5.92 Å². The average molecular weight is 235 g/mol. The van der Waals surface area contributed by atoms with E-state index in [1.165, 1.54) is 0 Å². The summed E-state index contributed by atoms with van der Waals surface area (Å²) in [5.41, 5.74) is 1.62. The quantitative estimate of drug-likeness (QED) is 0.697. The largest absolute Gasteiger partial charge is 0.309 e. The molecule has 0 saturated carbocycles. The average Bonchev–Trinajstić information content (AvgIpc) is 2.60. The van der Waals surface area contributed by atoms with Gasteiger partial charge in [0.25, 0.3) is 0 Å². The van der Waals surface area contributed by atoms with Gasteiger partial charge in [-0.25, -0.2) is 0 Å². The Kier molecular flexibility index (Phi) is 2.84. The number of aryl methyl sites for hydroxylation is 1. The first-order chi connectivity index (χ1) is 7.63. The van der Waals surface area contributed by atoms with E-state index in [1.54, 1.807) is 17.3 Å². The van der Waals surface area contributed by atoms with E-state index in [4.69, 9.17) is 18.0 Å². The maximum Gasteiger partial charge on any atom is 0.228 e. The normalized spacial score (nSPS) is 19.9. The number of pyridine rings is 1. The summed E-state index contributed by atoms with van der Waals surface area (Å²) in [6.07, 6.45) is 8.97. The molecule has 4 heteroatoms. The van der Waals surface area contributed by atoms with Crippen molar-refractivity contribution in [3.05, 3.63) is 23.0 Å². The second kappa shape index (κ2) is 4.15. The number of carbonyl (C=O) groups is 1. The molecule has 1 aliphatic heterocycles. The standard InChI is InChI=1S/C12H11ClN2O/c1-3-9-4-11(16)15(7-9)12-8(2)5-14-6-10(12)13/h1,5-6,9H,4,7H2,2H3. The fourth-order valence-corrected chi connectivity index (χ4v) is 2.21. The Bertz CT molecular complexity index is 458. The maximum atomic E-state index is 11.8. The zero-order valence-corrected chi connectivity index (χ0v) is 9.66. The highest BCUT2D eigenvalue weighted by molar-refractivity contribution is 6.34. The van der Waals surface area contributed by atoms with Crippen molar-refractivity contribution >= 4 is 23.2 Å². The van der Waals surface area contributed by atoms with Crippen LogP contribution in [0.4, 0.5) is 5.69 Å². The minimum atomic E-state index is -0.0175. The lowest BCUT2D eigenvalue weighted by Crippen LogP contribution is -2.25. The van der Waals surface area contributed by atoms with Crippen LogP contribution in [-0.4, -0.2) is 17.4 Å². The summed E-state index contributed by atoms with van der Waals surface area (Å²) < 4.78 is 0. The van der Waals surface area contributed by atoms with E-state index in [0.717, 1.165) is 11.3 Å². The number of anilines is 1. The predicted octanol–water partition coefficient (Wildman–Crippen LogP) is 2.03. The van der Waals surface area contributed by atoms with Crippen LogP contribution in [0.2, 0.25) is 5.02 Å². The summed E-state index contributed by atoms with van der Waals surface area (Å²) in [5, 5.41) is 0.492. The van der Waals surface area contributed by atoms with Gasteiger partial charge in [0.15, 0.2) is 0 Å². The number of nitrogens with zero attached hydrogens (tertiary/aromatic N) is 2. The Morgan fingerprint density at radius 1 is 1.62 bits per heavy atom. The van der Waals surface area contributed by atoms with Gasteiger partial charge in [-0.2, -0.15) is 0 Å². The molecule has 82 valence electrons. The monoisotopic (exact) mass is 234 g/mol. The van der Waals surface area contributed by atoms with Gasteiger partial charge in [0, 0.05) is 31.3 Å². The molecule has 0 spiro atoms. The van der Waals surface area contributed by atoms with Crippen LogP contribution in [0.25, 0.3) is 0 Å². The molecule has 1 unspecified atom stereocenters.